The molecule has 0 spiro atoms. The van der Waals surface area contributed by atoms with Gasteiger partial charge >= 0.3 is 0 Å². The lowest BCUT2D eigenvalue weighted by Gasteiger charge is -2.31. The van der Waals surface area contributed by atoms with Gasteiger partial charge < -0.3 is 5.32 Å². The van der Waals surface area contributed by atoms with Crippen LogP contribution in [0.2, 0.25) is 10.0 Å². The fraction of sp³-hybridized carbons (Fsp3) is 0.273. The standard InChI is InChI=1S/C11H10Cl2N2O2/c1-6-11(17)15(5-9(16)14-6)8-4-2-3-7(12)10(8)13/h2-4,6H,5H2,1H3,(H,14,16). The van der Waals surface area contributed by atoms with Crippen LogP contribution < -0.4 is 10.2 Å². The third-order valence-corrected chi connectivity index (χ3v) is 3.35. The highest BCUT2D eigenvalue weighted by Crippen LogP contribution is 2.33. The summed E-state index contributed by atoms with van der Waals surface area (Å²) in [6, 6.07) is 4.43. The average Bonchev–Trinajstić information content (AvgIpc) is 2.27. The van der Waals surface area contributed by atoms with Gasteiger partial charge in [0.15, 0.2) is 0 Å². The minimum absolute atomic E-state index is 0.0385. The summed E-state index contributed by atoms with van der Waals surface area (Å²) in [6.07, 6.45) is 0. The molecule has 17 heavy (non-hydrogen) atoms. The Morgan fingerprint density at radius 2 is 2.06 bits per heavy atom. The first-order chi connectivity index (χ1) is 8.00. The topological polar surface area (TPSA) is 49.4 Å². The molecule has 0 aliphatic carbocycles. The van der Waals surface area contributed by atoms with Gasteiger partial charge in [-0.3, -0.25) is 14.5 Å². The van der Waals surface area contributed by atoms with Crippen molar-refractivity contribution in [1.29, 1.82) is 0 Å². The van der Waals surface area contributed by atoms with Crippen LogP contribution in [0.3, 0.4) is 0 Å². The largest absolute Gasteiger partial charge is 0.343 e. The summed E-state index contributed by atoms with van der Waals surface area (Å²) in [7, 11) is 0. The molecule has 4 nitrogen and oxygen atoms in total. The van der Waals surface area contributed by atoms with Crippen LogP contribution in [0.1, 0.15) is 6.92 Å². The molecule has 1 saturated heterocycles. The highest BCUT2D eigenvalue weighted by molar-refractivity contribution is 6.44. The zero-order valence-electron chi connectivity index (χ0n) is 9.04. The fourth-order valence-corrected chi connectivity index (χ4v) is 2.11. The first-order valence-corrected chi connectivity index (χ1v) is 5.81. The summed E-state index contributed by atoms with van der Waals surface area (Å²) in [4.78, 5) is 24.7. The molecule has 1 atom stereocenters. The van der Waals surface area contributed by atoms with Gasteiger partial charge in [0, 0.05) is 0 Å². The molecule has 1 aliphatic rings. The third kappa shape index (κ3) is 2.23. The molecule has 1 fully saturated rings. The molecule has 1 unspecified atom stereocenters. The van der Waals surface area contributed by atoms with Crippen LogP contribution in [0.4, 0.5) is 5.69 Å². The van der Waals surface area contributed by atoms with Crippen LogP contribution in [0.5, 0.6) is 0 Å². The summed E-state index contributed by atoms with van der Waals surface area (Å²) in [5, 5.41) is 3.20. The number of carbonyl (C=O) groups excluding carboxylic acids is 2. The molecule has 2 rings (SSSR count). The molecule has 0 saturated carbocycles. The van der Waals surface area contributed by atoms with E-state index in [2.05, 4.69) is 5.32 Å². The maximum atomic E-state index is 11.9. The Morgan fingerprint density at radius 1 is 1.35 bits per heavy atom. The van der Waals surface area contributed by atoms with Crippen LogP contribution in [0.15, 0.2) is 18.2 Å². The quantitative estimate of drug-likeness (QED) is 0.848. The van der Waals surface area contributed by atoms with E-state index >= 15 is 0 Å². The van der Waals surface area contributed by atoms with E-state index in [9.17, 15) is 9.59 Å². The van der Waals surface area contributed by atoms with E-state index in [4.69, 9.17) is 23.2 Å². The van der Waals surface area contributed by atoms with Crippen LogP contribution in [-0.4, -0.2) is 24.4 Å². The molecular formula is C11H10Cl2N2O2. The van der Waals surface area contributed by atoms with Crippen molar-refractivity contribution < 1.29 is 9.59 Å². The molecule has 0 aromatic heterocycles. The van der Waals surface area contributed by atoms with Crippen molar-refractivity contribution in [2.45, 2.75) is 13.0 Å². The van der Waals surface area contributed by atoms with E-state index in [1.165, 1.54) is 4.90 Å². The predicted molar refractivity (Wildman–Crippen MR) is 66.4 cm³/mol. The number of hydrogen-bond acceptors (Lipinski definition) is 2. The van der Waals surface area contributed by atoms with Crippen molar-refractivity contribution in [2.75, 3.05) is 11.4 Å². The first-order valence-electron chi connectivity index (χ1n) is 5.05. The zero-order valence-corrected chi connectivity index (χ0v) is 10.5. The van der Waals surface area contributed by atoms with Crippen molar-refractivity contribution in [3.05, 3.63) is 28.2 Å². The number of nitrogens with one attached hydrogen (secondary N) is 1. The van der Waals surface area contributed by atoms with Crippen molar-refractivity contribution >= 4 is 40.7 Å². The molecule has 1 N–H and O–H groups in total. The van der Waals surface area contributed by atoms with Gasteiger partial charge in [0.1, 0.15) is 12.6 Å². The normalized spacial score (nSPS) is 20.4. The van der Waals surface area contributed by atoms with Crippen LogP contribution in [0, 0.1) is 0 Å². The summed E-state index contributed by atoms with van der Waals surface area (Å²) < 4.78 is 0. The number of amides is 2. The smallest absolute Gasteiger partial charge is 0.249 e. The van der Waals surface area contributed by atoms with Crippen LogP contribution in [0.25, 0.3) is 0 Å². The number of hydrogen-bond donors (Lipinski definition) is 1. The monoisotopic (exact) mass is 272 g/mol. The second-order valence-electron chi connectivity index (χ2n) is 3.79. The molecular weight excluding hydrogens is 263 g/mol. The number of nitrogens with zero attached hydrogens (tertiary/aromatic N) is 1. The maximum absolute atomic E-state index is 11.9. The third-order valence-electron chi connectivity index (χ3n) is 2.54. The number of rotatable bonds is 1. The molecule has 0 radical (unpaired) electrons. The van der Waals surface area contributed by atoms with Crippen molar-refractivity contribution in [3.63, 3.8) is 0 Å². The Balaban J connectivity index is 2.41. The Bertz CT molecular complexity index is 490. The highest BCUT2D eigenvalue weighted by atomic mass is 35.5. The van der Waals surface area contributed by atoms with Gasteiger partial charge in [-0.15, -0.1) is 0 Å². The molecule has 1 aromatic carbocycles. The molecule has 1 aliphatic heterocycles. The number of benzene rings is 1. The fourth-order valence-electron chi connectivity index (χ4n) is 1.71. The van der Waals surface area contributed by atoms with Crippen molar-refractivity contribution in [3.8, 4) is 0 Å². The van der Waals surface area contributed by atoms with E-state index in [1.54, 1.807) is 25.1 Å². The maximum Gasteiger partial charge on any atom is 0.249 e. The second kappa shape index (κ2) is 4.55. The summed E-state index contributed by atoms with van der Waals surface area (Å²) >= 11 is 11.9. The minimum atomic E-state index is -0.550. The first kappa shape index (κ1) is 12.2. The lowest BCUT2D eigenvalue weighted by molar-refractivity contribution is -0.130. The van der Waals surface area contributed by atoms with E-state index in [-0.39, 0.29) is 23.4 Å². The Labute approximate surface area is 108 Å². The number of carbonyl (C=O) groups is 2. The molecule has 1 heterocycles. The van der Waals surface area contributed by atoms with Gasteiger partial charge in [-0.25, -0.2) is 0 Å². The van der Waals surface area contributed by atoms with Gasteiger partial charge in [-0.2, -0.15) is 0 Å². The molecule has 90 valence electrons. The van der Waals surface area contributed by atoms with Gasteiger partial charge in [-0.1, -0.05) is 29.3 Å². The summed E-state index contributed by atoms with van der Waals surface area (Å²) in [5.41, 5.74) is 0.464. The minimum Gasteiger partial charge on any atom is -0.343 e. The number of piperazine rings is 1. The van der Waals surface area contributed by atoms with Gasteiger partial charge in [-0.05, 0) is 19.1 Å². The Hall–Kier alpha value is -1.26. The Morgan fingerprint density at radius 3 is 2.76 bits per heavy atom. The lowest BCUT2D eigenvalue weighted by Crippen LogP contribution is -2.57. The van der Waals surface area contributed by atoms with E-state index < -0.39 is 6.04 Å². The highest BCUT2D eigenvalue weighted by Gasteiger charge is 2.31. The molecule has 1 aromatic rings. The number of halogens is 2. The second-order valence-corrected chi connectivity index (χ2v) is 4.57. The van der Waals surface area contributed by atoms with Crippen molar-refractivity contribution in [2.24, 2.45) is 0 Å². The summed E-state index contributed by atoms with van der Waals surface area (Å²) in [5.74, 6) is -0.415. The lowest BCUT2D eigenvalue weighted by atomic mass is 10.2. The predicted octanol–water partition coefficient (Wildman–Crippen LogP) is 1.84. The molecule has 0 bridgehead atoms. The van der Waals surface area contributed by atoms with Gasteiger partial charge in [0.05, 0.1) is 15.7 Å². The molecule has 6 heteroatoms. The van der Waals surface area contributed by atoms with E-state index in [0.29, 0.717) is 10.7 Å². The van der Waals surface area contributed by atoms with E-state index in [0.717, 1.165) is 0 Å². The molecule has 2 amide bonds. The summed E-state index contributed by atoms with van der Waals surface area (Å²) in [6.45, 7) is 1.59. The van der Waals surface area contributed by atoms with E-state index in [1.807, 2.05) is 0 Å². The van der Waals surface area contributed by atoms with Gasteiger partial charge in [0.2, 0.25) is 11.8 Å². The number of anilines is 1. The van der Waals surface area contributed by atoms with Gasteiger partial charge in [0.25, 0.3) is 0 Å². The Kier molecular flexibility index (Phi) is 3.26. The van der Waals surface area contributed by atoms with Crippen LogP contribution >= 0.6 is 23.2 Å². The SMILES string of the molecule is CC1NC(=O)CN(c2cccc(Cl)c2Cl)C1=O. The average molecular weight is 273 g/mol. The van der Waals surface area contributed by atoms with Crippen LogP contribution in [-0.2, 0) is 9.59 Å². The van der Waals surface area contributed by atoms with Crippen molar-refractivity contribution in [1.82, 2.24) is 5.32 Å². The zero-order chi connectivity index (χ0) is 12.6.